The van der Waals surface area contributed by atoms with E-state index in [1.165, 1.54) is 12.1 Å². The monoisotopic (exact) mass is 197 g/mol. The maximum atomic E-state index is 13.2. The molecule has 0 spiro atoms. The first kappa shape index (κ1) is 9.59. The van der Waals surface area contributed by atoms with E-state index in [0.29, 0.717) is 17.9 Å². The van der Waals surface area contributed by atoms with E-state index >= 15 is 0 Å². The van der Waals surface area contributed by atoms with Crippen molar-refractivity contribution in [2.24, 2.45) is 11.7 Å². The number of nitrogens with two attached hydrogens (primary N) is 1. The van der Waals surface area contributed by atoms with Gasteiger partial charge in [-0.15, -0.1) is 0 Å². The van der Waals surface area contributed by atoms with Gasteiger partial charge in [-0.05, 0) is 30.4 Å². The average Bonchev–Trinajstić information content (AvgIpc) is 2.66. The van der Waals surface area contributed by atoms with Crippen LogP contribution < -0.4 is 5.73 Å². The Labute approximate surface area is 81.9 Å². The van der Waals surface area contributed by atoms with Gasteiger partial charge in [0.1, 0.15) is 11.6 Å². The Morgan fingerprint density at radius 1 is 1.50 bits per heavy atom. The van der Waals surface area contributed by atoms with Gasteiger partial charge in [-0.1, -0.05) is 13.0 Å². The molecule has 1 aliphatic rings. The molecule has 0 radical (unpaired) electrons. The fourth-order valence-electron chi connectivity index (χ4n) is 1.78. The topological polar surface area (TPSA) is 26.0 Å². The molecule has 3 heteroatoms. The van der Waals surface area contributed by atoms with Crippen molar-refractivity contribution in [1.29, 1.82) is 0 Å². The Morgan fingerprint density at radius 2 is 2.14 bits per heavy atom. The van der Waals surface area contributed by atoms with E-state index in [-0.39, 0.29) is 5.54 Å². The molecule has 0 aromatic heterocycles. The summed E-state index contributed by atoms with van der Waals surface area (Å²) in [5.74, 6) is -0.595. The predicted octanol–water partition coefficient (Wildman–Crippen LogP) is 2.24. The lowest BCUT2D eigenvalue weighted by atomic mass is 10.0. The maximum Gasteiger partial charge on any atom is 0.129 e. The Bertz CT molecular complexity index is 364. The quantitative estimate of drug-likeness (QED) is 0.773. The van der Waals surface area contributed by atoms with E-state index in [4.69, 9.17) is 5.73 Å². The Morgan fingerprint density at radius 3 is 2.64 bits per heavy atom. The normalized spacial score (nSPS) is 30.4. The lowest BCUT2D eigenvalue weighted by Crippen LogP contribution is -2.27. The fraction of sp³-hybridized carbons (Fsp3) is 0.455. The van der Waals surface area contributed by atoms with Gasteiger partial charge in [-0.25, -0.2) is 8.78 Å². The van der Waals surface area contributed by atoms with Crippen molar-refractivity contribution < 1.29 is 8.78 Å². The molecule has 1 aliphatic carbocycles. The van der Waals surface area contributed by atoms with Crippen molar-refractivity contribution in [2.75, 3.05) is 0 Å². The molecule has 0 saturated heterocycles. The van der Waals surface area contributed by atoms with Crippen LogP contribution in [0.4, 0.5) is 8.78 Å². The van der Waals surface area contributed by atoms with Gasteiger partial charge in [-0.2, -0.15) is 0 Å². The minimum Gasteiger partial charge on any atom is -0.325 e. The van der Waals surface area contributed by atoms with E-state index in [0.717, 1.165) is 12.5 Å². The fourth-order valence-corrected chi connectivity index (χ4v) is 1.78. The summed E-state index contributed by atoms with van der Waals surface area (Å²) >= 11 is 0. The second-order valence-corrected chi connectivity index (χ2v) is 4.25. The molecule has 1 aromatic rings. The smallest absolute Gasteiger partial charge is 0.129 e. The summed E-state index contributed by atoms with van der Waals surface area (Å²) in [5, 5.41) is 0. The van der Waals surface area contributed by atoms with Gasteiger partial charge in [0.05, 0.1) is 0 Å². The molecular weight excluding hydrogens is 184 g/mol. The van der Waals surface area contributed by atoms with Crippen LogP contribution >= 0.6 is 0 Å². The molecule has 2 atom stereocenters. The largest absolute Gasteiger partial charge is 0.325 e. The van der Waals surface area contributed by atoms with Gasteiger partial charge in [0.2, 0.25) is 0 Å². The van der Waals surface area contributed by atoms with Gasteiger partial charge in [0.15, 0.2) is 0 Å². The van der Waals surface area contributed by atoms with Crippen LogP contribution in [0.2, 0.25) is 0 Å². The van der Waals surface area contributed by atoms with E-state index in [1.54, 1.807) is 0 Å². The first-order valence-corrected chi connectivity index (χ1v) is 4.74. The van der Waals surface area contributed by atoms with E-state index in [9.17, 15) is 8.78 Å². The van der Waals surface area contributed by atoms with Crippen molar-refractivity contribution in [3.05, 3.63) is 35.4 Å². The summed E-state index contributed by atoms with van der Waals surface area (Å²) in [6.07, 6.45) is 1.42. The van der Waals surface area contributed by atoms with Crippen LogP contribution in [-0.2, 0) is 6.42 Å². The molecule has 1 fully saturated rings. The number of rotatable bonds is 2. The molecule has 2 N–H and O–H groups in total. The highest BCUT2D eigenvalue weighted by molar-refractivity contribution is 5.24. The van der Waals surface area contributed by atoms with Crippen LogP contribution in [0, 0.1) is 17.6 Å². The summed E-state index contributed by atoms with van der Waals surface area (Å²) in [4.78, 5) is 0. The van der Waals surface area contributed by atoms with Crippen LogP contribution in [0.1, 0.15) is 18.9 Å². The Balaban J connectivity index is 2.18. The van der Waals surface area contributed by atoms with Gasteiger partial charge in [0.25, 0.3) is 0 Å². The van der Waals surface area contributed by atoms with E-state index in [2.05, 4.69) is 0 Å². The third-order valence-corrected chi connectivity index (χ3v) is 3.04. The highest BCUT2D eigenvalue weighted by atomic mass is 19.1. The molecule has 0 amide bonds. The van der Waals surface area contributed by atoms with Crippen LogP contribution in [0.25, 0.3) is 0 Å². The third kappa shape index (κ3) is 1.64. The Kier molecular flexibility index (Phi) is 2.07. The second-order valence-electron chi connectivity index (χ2n) is 4.25. The van der Waals surface area contributed by atoms with Crippen molar-refractivity contribution in [3.8, 4) is 0 Å². The lowest BCUT2D eigenvalue weighted by molar-refractivity contribution is 0.546. The van der Waals surface area contributed by atoms with E-state index in [1.807, 2.05) is 6.92 Å². The number of benzene rings is 1. The molecule has 76 valence electrons. The SMILES string of the molecule is CC1CC1(N)Cc1ccc(F)cc1F. The summed E-state index contributed by atoms with van der Waals surface area (Å²) < 4.78 is 25.8. The van der Waals surface area contributed by atoms with Gasteiger partial charge >= 0.3 is 0 Å². The molecule has 1 aromatic carbocycles. The first-order valence-electron chi connectivity index (χ1n) is 4.74. The number of halogens is 2. The standard InChI is InChI=1S/C11H13F2N/c1-7-5-11(7,14)6-8-2-3-9(12)4-10(8)13/h2-4,7H,5-6,14H2,1H3. The van der Waals surface area contributed by atoms with E-state index < -0.39 is 11.6 Å². The molecule has 1 nitrogen and oxygen atoms in total. The summed E-state index contributed by atoms with van der Waals surface area (Å²) in [7, 11) is 0. The molecule has 2 rings (SSSR count). The molecule has 1 saturated carbocycles. The van der Waals surface area contributed by atoms with Crippen molar-refractivity contribution in [3.63, 3.8) is 0 Å². The van der Waals surface area contributed by atoms with Crippen LogP contribution in [0.3, 0.4) is 0 Å². The van der Waals surface area contributed by atoms with Gasteiger partial charge in [-0.3, -0.25) is 0 Å². The first-order chi connectivity index (χ1) is 6.51. The minimum atomic E-state index is -0.541. The molecule has 0 heterocycles. The highest BCUT2D eigenvalue weighted by Crippen LogP contribution is 2.43. The minimum absolute atomic E-state index is 0.265. The zero-order valence-corrected chi connectivity index (χ0v) is 8.06. The van der Waals surface area contributed by atoms with Crippen molar-refractivity contribution >= 4 is 0 Å². The predicted molar refractivity (Wildman–Crippen MR) is 50.8 cm³/mol. The average molecular weight is 197 g/mol. The number of hydrogen-bond acceptors (Lipinski definition) is 1. The molecule has 0 aliphatic heterocycles. The van der Waals surface area contributed by atoms with Crippen LogP contribution in [0.5, 0.6) is 0 Å². The highest BCUT2D eigenvalue weighted by Gasteiger charge is 2.47. The zero-order valence-electron chi connectivity index (χ0n) is 8.06. The molecule has 2 unspecified atom stereocenters. The summed E-state index contributed by atoms with van der Waals surface area (Å²) in [6.45, 7) is 2.04. The molecule has 0 bridgehead atoms. The van der Waals surface area contributed by atoms with Crippen molar-refractivity contribution in [2.45, 2.75) is 25.3 Å². The van der Waals surface area contributed by atoms with Crippen LogP contribution in [0.15, 0.2) is 18.2 Å². The Hall–Kier alpha value is -0.960. The van der Waals surface area contributed by atoms with Gasteiger partial charge < -0.3 is 5.73 Å². The lowest BCUT2D eigenvalue weighted by Gasteiger charge is -2.10. The molecular formula is C11H13F2N. The summed E-state index contributed by atoms with van der Waals surface area (Å²) in [6, 6.07) is 3.66. The van der Waals surface area contributed by atoms with Crippen molar-refractivity contribution in [1.82, 2.24) is 0 Å². The summed E-state index contributed by atoms with van der Waals surface area (Å²) in [5.41, 5.74) is 6.22. The zero-order chi connectivity index (χ0) is 10.3. The van der Waals surface area contributed by atoms with Crippen LogP contribution in [-0.4, -0.2) is 5.54 Å². The maximum absolute atomic E-state index is 13.2. The molecule has 14 heavy (non-hydrogen) atoms. The number of hydrogen-bond donors (Lipinski definition) is 1. The van der Waals surface area contributed by atoms with Gasteiger partial charge in [0, 0.05) is 11.6 Å². The third-order valence-electron chi connectivity index (χ3n) is 3.04. The second kappa shape index (κ2) is 3.02.